The first-order valence-electron chi connectivity index (χ1n) is 16.6. The second kappa shape index (κ2) is 24.0. The van der Waals surface area contributed by atoms with E-state index in [2.05, 4.69) is 0 Å². The van der Waals surface area contributed by atoms with Crippen LogP contribution < -0.4 is 4.74 Å². The van der Waals surface area contributed by atoms with Crippen LogP contribution in [0.1, 0.15) is 134 Å². The van der Waals surface area contributed by atoms with Gasteiger partial charge in [-0.1, -0.05) is 115 Å². The third-order valence-electron chi connectivity index (χ3n) is 7.84. The fraction of sp³-hybridized carbons (Fsp3) is 0.714. The Balaban J connectivity index is 1.79. The average molecular weight is 589 g/mol. The summed E-state index contributed by atoms with van der Waals surface area (Å²) in [6.07, 6.45) is 26.5. The molecule has 1 heterocycles. The van der Waals surface area contributed by atoms with Crippen molar-refractivity contribution in [2.24, 2.45) is 0 Å². The molecule has 1 fully saturated rings. The van der Waals surface area contributed by atoms with E-state index >= 15 is 0 Å². The predicted molar refractivity (Wildman–Crippen MR) is 168 cm³/mol. The molecular formula is C35H56O7. The molecule has 0 saturated carbocycles. The fourth-order valence-electron chi connectivity index (χ4n) is 5.21. The molecule has 1 N–H and O–H groups in total. The summed E-state index contributed by atoms with van der Waals surface area (Å²) in [6, 6.07) is 4.81. The highest BCUT2D eigenvalue weighted by atomic mass is 16.6. The van der Waals surface area contributed by atoms with Crippen molar-refractivity contribution in [2.75, 3.05) is 26.9 Å². The molecule has 238 valence electrons. The Kier molecular flexibility index (Phi) is 20.3. The Hall–Kier alpha value is -2.54. The monoisotopic (exact) mass is 588 g/mol. The molecular weight excluding hydrogens is 532 g/mol. The summed E-state index contributed by atoms with van der Waals surface area (Å²) < 4.78 is 22.0. The van der Waals surface area contributed by atoms with E-state index in [0.717, 1.165) is 25.7 Å². The van der Waals surface area contributed by atoms with E-state index in [1.165, 1.54) is 116 Å². The number of phenolic OH excluding ortho intramolecular Hbond substituents is 1. The van der Waals surface area contributed by atoms with Gasteiger partial charge in [0.25, 0.3) is 0 Å². The molecule has 0 bridgehead atoms. The smallest absolute Gasteiger partial charge is 0.330 e. The minimum Gasteiger partial charge on any atom is -0.504 e. The van der Waals surface area contributed by atoms with Crippen LogP contribution >= 0.6 is 0 Å². The zero-order chi connectivity index (χ0) is 30.1. The van der Waals surface area contributed by atoms with Crippen LogP contribution in [-0.2, 0) is 23.8 Å². The summed E-state index contributed by atoms with van der Waals surface area (Å²) in [5.74, 6) is -0.389. The number of esters is 2. The highest BCUT2D eigenvalue weighted by Gasteiger charge is 2.15. The van der Waals surface area contributed by atoms with E-state index in [0.29, 0.717) is 24.3 Å². The molecule has 7 heteroatoms. The summed E-state index contributed by atoms with van der Waals surface area (Å²) in [7, 11) is 1.47. The maximum absolute atomic E-state index is 12.4. The van der Waals surface area contributed by atoms with Crippen LogP contribution in [0.4, 0.5) is 0 Å². The molecule has 1 aliphatic heterocycles. The van der Waals surface area contributed by atoms with Gasteiger partial charge in [-0.05, 0) is 36.6 Å². The molecule has 42 heavy (non-hydrogen) atoms. The highest BCUT2D eigenvalue weighted by molar-refractivity contribution is 5.87. The van der Waals surface area contributed by atoms with Gasteiger partial charge in [0.15, 0.2) is 11.5 Å². The van der Waals surface area contributed by atoms with Crippen molar-refractivity contribution < 1.29 is 33.6 Å². The standard InChI is InChI=1S/C35H56O7/c1-39-33-27-30(22-24-32(33)36)23-25-35(38)42-29-31-28-41-34(37)21-19-17-15-13-11-9-7-5-3-2-4-6-8-10-12-14-16-18-20-26-40-31/h22-25,27,31,36H,2-21,26,28-29H2,1H3/b25-23+. The van der Waals surface area contributed by atoms with Gasteiger partial charge in [-0.15, -0.1) is 0 Å². The van der Waals surface area contributed by atoms with E-state index in [1.54, 1.807) is 18.2 Å². The van der Waals surface area contributed by atoms with Crippen LogP contribution in [0.25, 0.3) is 6.08 Å². The number of rotatable bonds is 5. The number of phenols is 1. The van der Waals surface area contributed by atoms with Gasteiger partial charge >= 0.3 is 11.9 Å². The van der Waals surface area contributed by atoms with E-state index in [-0.39, 0.29) is 24.9 Å². The fourth-order valence-corrected chi connectivity index (χ4v) is 5.21. The molecule has 7 nitrogen and oxygen atoms in total. The zero-order valence-electron chi connectivity index (χ0n) is 26.1. The number of methoxy groups -OCH3 is 1. The molecule has 0 aliphatic carbocycles. The Morgan fingerprint density at radius 3 is 1.90 bits per heavy atom. The minimum atomic E-state index is -0.520. The molecule has 1 atom stereocenters. The summed E-state index contributed by atoms with van der Waals surface area (Å²) in [6.45, 7) is 0.628. The van der Waals surface area contributed by atoms with Gasteiger partial charge in [-0.3, -0.25) is 4.79 Å². The van der Waals surface area contributed by atoms with Gasteiger partial charge in [0, 0.05) is 19.1 Å². The first-order chi connectivity index (χ1) is 20.6. The van der Waals surface area contributed by atoms with Crippen LogP contribution in [0.15, 0.2) is 24.3 Å². The van der Waals surface area contributed by atoms with Crippen molar-refractivity contribution in [2.45, 2.75) is 135 Å². The number of cyclic esters (lactones) is 1. The quantitative estimate of drug-likeness (QED) is 0.272. The predicted octanol–water partition coefficient (Wildman–Crippen LogP) is 8.70. The van der Waals surface area contributed by atoms with Gasteiger partial charge in [-0.25, -0.2) is 4.79 Å². The number of carbonyl (C=O) groups excluding carboxylic acids is 2. The summed E-state index contributed by atoms with van der Waals surface area (Å²) in [5.41, 5.74) is 0.692. The topological polar surface area (TPSA) is 91.3 Å². The second-order valence-corrected chi connectivity index (χ2v) is 11.5. The highest BCUT2D eigenvalue weighted by Crippen LogP contribution is 2.26. The lowest BCUT2D eigenvalue weighted by Gasteiger charge is -2.18. The van der Waals surface area contributed by atoms with Crippen LogP contribution in [-0.4, -0.2) is 50.1 Å². The van der Waals surface area contributed by atoms with E-state index in [4.69, 9.17) is 18.9 Å². The normalized spacial score (nSPS) is 20.9. The molecule has 1 saturated heterocycles. The average Bonchev–Trinajstić information content (AvgIpc) is 2.99. The Morgan fingerprint density at radius 2 is 1.36 bits per heavy atom. The maximum atomic E-state index is 12.4. The van der Waals surface area contributed by atoms with Crippen LogP contribution in [0.3, 0.4) is 0 Å². The van der Waals surface area contributed by atoms with Crippen molar-refractivity contribution in [3.05, 3.63) is 29.8 Å². The number of aromatic hydroxyl groups is 1. The third kappa shape index (κ3) is 18.1. The minimum absolute atomic E-state index is 0.00928. The second-order valence-electron chi connectivity index (χ2n) is 11.5. The molecule has 1 unspecified atom stereocenters. The summed E-state index contributed by atoms with van der Waals surface area (Å²) in [4.78, 5) is 24.7. The Labute approximate surface area is 254 Å². The van der Waals surface area contributed by atoms with Crippen molar-refractivity contribution in [3.63, 3.8) is 0 Å². The van der Waals surface area contributed by atoms with E-state index in [1.807, 2.05) is 0 Å². The first kappa shape index (κ1) is 35.7. The molecule has 0 spiro atoms. The molecule has 1 aromatic rings. The van der Waals surface area contributed by atoms with Crippen molar-refractivity contribution in [1.82, 2.24) is 0 Å². The zero-order valence-corrected chi connectivity index (χ0v) is 26.1. The molecule has 1 aromatic carbocycles. The van der Waals surface area contributed by atoms with Gasteiger partial charge < -0.3 is 24.1 Å². The number of benzene rings is 1. The molecule has 0 amide bonds. The van der Waals surface area contributed by atoms with E-state index in [9.17, 15) is 14.7 Å². The van der Waals surface area contributed by atoms with Gasteiger partial charge in [-0.2, -0.15) is 0 Å². The van der Waals surface area contributed by atoms with Crippen LogP contribution in [0.5, 0.6) is 11.5 Å². The number of hydrogen-bond acceptors (Lipinski definition) is 7. The first-order valence-corrected chi connectivity index (χ1v) is 16.6. The van der Waals surface area contributed by atoms with Crippen LogP contribution in [0, 0.1) is 0 Å². The SMILES string of the molecule is COc1cc(/C=C/C(=O)OCC2COC(=O)CCCCCCCCCCCCCCCCCCCCCO2)ccc1O. The Morgan fingerprint density at radius 1 is 0.833 bits per heavy atom. The molecule has 0 aromatic heterocycles. The number of ether oxygens (including phenoxy) is 4. The van der Waals surface area contributed by atoms with E-state index < -0.39 is 12.1 Å². The third-order valence-corrected chi connectivity index (χ3v) is 7.84. The lowest BCUT2D eigenvalue weighted by Crippen LogP contribution is -2.28. The van der Waals surface area contributed by atoms with Crippen LogP contribution in [0.2, 0.25) is 0 Å². The van der Waals surface area contributed by atoms with Gasteiger partial charge in [0.2, 0.25) is 0 Å². The molecule has 1 aliphatic rings. The van der Waals surface area contributed by atoms with Crippen molar-refractivity contribution in [3.8, 4) is 11.5 Å². The lowest BCUT2D eigenvalue weighted by atomic mass is 10.0. The number of carbonyl (C=O) groups is 2. The summed E-state index contributed by atoms with van der Waals surface area (Å²) >= 11 is 0. The Bertz CT molecular complexity index is 882. The largest absolute Gasteiger partial charge is 0.504 e. The maximum Gasteiger partial charge on any atom is 0.330 e. The number of hydrogen-bond donors (Lipinski definition) is 1. The van der Waals surface area contributed by atoms with Gasteiger partial charge in [0.1, 0.15) is 19.3 Å². The molecule has 0 radical (unpaired) electrons. The van der Waals surface area contributed by atoms with Gasteiger partial charge in [0.05, 0.1) is 7.11 Å². The summed E-state index contributed by atoms with van der Waals surface area (Å²) in [5, 5.41) is 9.74. The van der Waals surface area contributed by atoms with Crippen molar-refractivity contribution in [1.29, 1.82) is 0 Å². The van der Waals surface area contributed by atoms with Crippen molar-refractivity contribution >= 4 is 18.0 Å². The molecule has 2 rings (SSSR count). The lowest BCUT2D eigenvalue weighted by molar-refractivity contribution is -0.153.